The molecular weight excluding hydrogens is 488 g/mol. The zero-order chi connectivity index (χ0) is 27.9. The Morgan fingerprint density at radius 1 is 0.947 bits per heavy atom. The second-order valence-corrected chi connectivity index (χ2v) is 8.97. The molecule has 0 atom stereocenters. The molecule has 0 fully saturated rings. The summed E-state index contributed by atoms with van der Waals surface area (Å²) in [5, 5.41) is 17.1. The second-order valence-electron chi connectivity index (χ2n) is 8.97. The largest absolute Gasteiger partial charge is 0.495 e. The third-order valence-electron chi connectivity index (χ3n) is 5.94. The van der Waals surface area contributed by atoms with Gasteiger partial charge in [0.05, 0.1) is 32.2 Å². The lowest BCUT2D eigenvalue weighted by Crippen LogP contribution is -2.42. The van der Waals surface area contributed by atoms with Crippen molar-refractivity contribution in [2.75, 3.05) is 37.4 Å². The van der Waals surface area contributed by atoms with E-state index in [0.29, 0.717) is 29.2 Å². The van der Waals surface area contributed by atoms with Gasteiger partial charge >= 0.3 is 12.0 Å². The molecule has 4 N–H and O–H groups in total. The number of nitrogens with zero attached hydrogens (tertiary/aromatic N) is 1. The predicted octanol–water partition coefficient (Wildman–Crippen LogP) is 4.19. The Morgan fingerprint density at radius 2 is 1.68 bits per heavy atom. The van der Waals surface area contributed by atoms with Crippen LogP contribution >= 0.6 is 0 Å². The van der Waals surface area contributed by atoms with E-state index >= 15 is 0 Å². The number of carboxylic acid groups (broad SMARTS) is 1. The summed E-state index contributed by atoms with van der Waals surface area (Å²) < 4.78 is 5.39. The number of carbonyl (C=O) groups is 4. The molecule has 0 radical (unpaired) electrons. The molecule has 0 aromatic heterocycles. The lowest BCUT2D eigenvalue weighted by Gasteiger charge is -2.22. The number of urea groups is 1. The Hall–Kier alpha value is -4.08. The first-order chi connectivity index (χ1) is 18.2. The number of rotatable bonds is 15. The molecule has 0 bridgehead atoms. The summed E-state index contributed by atoms with van der Waals surface area (Å²) in [6.07, 6.45) is 3.71. The molecule has 2 aromatic carbocycles. The van der Waals surface area contributed by atoms with Crippen molar-refractivity contribution in [1.82, 2.24) is 10.2 Å². The number of nitrogens with one attached hydrogen (secondary N) is 3. The van der Waals surface area contributed by atoms with Crippen LogP contribution in [0.15, 0.2) is 42.5 Å². The Bertz CT molecular complexity index is 1100. The van der Waals surface area contributed by atoms with E-state index in [1.165, 1.54) is 12.0 Å². The fourth-order valence-corrected chi connectivity index (χ4v) is 3.79. The van der Waals surface area contributed by atoms with E-state index in [2.05, 4.69) is 22.9 Å². The summed E-state index contributed by atoms with van der Waals surface area (Å²) in [7, 11) is 1.47. The highest BCUT2D eigenvalue weighted by molar-refractivity contribution is 6.01. The molecule has 0 saturated heterocycles. The van der Waals surface area contributed by atoms with Gasteiger partial charge in [-0.2, -0.15) is 0 Å². The number of methoxy groups -OCH3 is 1. The number of anilines is 2. The first-order valence-corrected chi connectivity index (χ1v) is 12.8. The number of aryl methyl sites for hydroxylation is 1. The van der Waals surface area contributed by atoms with Gasteiger partial charge in [0, 0.05) is 18.8 Å². The van der Waals surface area contributed by atoms with Crippen molar-refractivity contribution in [3.63, 3.8) is 0 Å². The summed E-state index contributed by atoms with van der Waals surface area (Å²) in [6.45, 7) is 4.35. The zero-order valence-corrected chi connectivity index (χ0v) is 22.3. The molecule has 0 saturated carbocycles. The van der Waals surface area contributed by atoms with Gasteiger partial charge in [0.25, 0.3) is 0 Å². The van der Waals surface area contributed by atoms with Gasteiger partial charge in [-0.15, -0.1) is 0 Å². The molecular formula is C28H38N4O6. The van der Waals surface area contributed by atoms with Crippen LogP contribution in [0.3, 0.4) is 0 Å². The van der Waals surface area contributed by atoms with Crippen molar-refractivity contribution < 1.29 is 29.0 Å². The molecule has 0 unspecified atom stereocenters. The highest BCUT2D eigenvalue weighted by Crippen LogP contribution is 2.26. The van der Waals surface area contributed by atoms with E-state index in [0.717, 1.165) is 31.2 Å². The third kappa shape index (κ3) is 10.5. The topological polar surface area (TPSA) is 137 Å². The van der Waals surface area contributed by atoms with Gasteiger partial charge in [-0.05, 0) is 42.7 Å². The van der Waals surface area contributed by atoms with E-state index in [-0.39, 0.29) is 37.7 Å². The highest BCUT2D eigenvalue weighted by Gasteiger charge is 2.16. The van der Waals surface area contributed by atoms with Crippen molar-refractivity contribution >= 4 is 35.2 Å². The van der Waals surface area contributed by atoms with Crippen molar-refractivity contribution in [3.8, 4) is 5.75 Å². The standard InChI is InChI=1S/C28H38N4O6/c1-4-5-6-9-15-32(16-14-27(35)36)26(34)19-29-25(33)18-21-12-13-23(24(17-21)38-3)31-28(37)30-22-11-8-7-10-20(22)2/h7-8,10-13,17H,4-6,9,14-16,18-19H2,1-3H3,(H,29,33)(H,35,36)(H2,30,31,37). The van der Waals surface area contributed by atoms with Gasteiger partial charge in [0.15, 0.2) is 0 Å². The van der Waals surface area contributed by atoms with Crippen LogP contribution in [-0.4, -0.2) is 60.6 Å². The van der Waals surface area contributed by atoms with Gasteiger partial charge < -0.3 is 30.7 Å². The molecule has 0 heterocycles. The Labute approximate surface area is 223 Å². The van der Waals surface area contributed by atoms with Crippen molar-refractivity contribution in [2.45, 2.75) is 52.4 Å². The number of ether oxygens (including phenoxy) is 1. The first kappa shape index (κ1) is 30.1. The maximum atomic E-state index is 12.6. The Kier molecular flexibility index (Phi) is 12.6. The summed E-state index contributed by atoms with van der Waals surface area (Å²) in [5.74, 6) is -1.26. The van der Waals surface area contributed by atoms with Crippen molar-refractivity contribution in [3.05, 3.63) is 53.6 Å². The fourth-order valence-electron chi connectivity index (χ4n) is 3.79. The second kappa shape index (κ2) is 15.9. The average molecular weight is 527 g/mol. The average Bonchev–Trinajstić information content (AvgIpc) is 2.89. The van der Waals surface area contributed by atoms with Crippen LogP contribution in [-0.2, 0) is 20.8 Å². The van der Waals surface area contributed by atoms with Crippen LogP contribution in [0.2, 0.25) is 0 Å². The molecule has 4 amide bonds. The van der Waals surface area contributed by atoms with Gasteiger partial charge in [0.1, 0.15) is 5.75 Å². The molecule has 10 nitrogen and oxygen atoms in total. The SMILES string of the molecule is CCCCCCN(CCC(=O)O)C(=O)CNC(=O)Cc1ccc(NC(=O)Nc2ccccc2C)c(OC)c1. The zero-order valence-electron chi connectivity index (χ0n) is 22.3. The normalized spacial score (nSPS) is 10.4. The predicted molar refractivity (Wildman–Crippen MR) is 147 cm³/mol. The highest BCUT2D eigenvalue weighted by atomic mass is 16.5. The van der Waals surface area contributed by atoms with Gasteiger partial charge in [0.2, 0.25) is 11.8 Å². The number of aliphatic carboxylic acids is 1. The van der Waals surface area contributed by atoms with Crippen LogP contribution in [0.1, 0.15) is 50.2 Å². The molecule has 0 aliphatic heterocycles. The van der Waals surface area contributed by atoms with Crippen LogP contribution < -0.4 is 20.7 Å². The number of para-hydroxylation sites is 1. The Morgan fingerprint density at radius 3 is 2.37 bits per heavy atom. The van der Waals surface area contributed by atoms with Crippen LogP contribution in [0, 0.1) is 6.92 Å². The molecule has 206 valence electrons. The van der Waals surface area contributed by atoms with Crippen molar-refractivity contribution in [1.29, 1.82) is 0 Å². The Balaban J connectivity index is 1.91. The summed E-state index contributed by atoms with van der Waals surface area (Å²) >= 11 is 0. The lowest BCUT2D eigenvalue weighted by atomic mass is 10.1. The smallest absolute Gasteiger partial charge is 0.323 e. The molecule has 0 aliphatic carbocycles. The number of benzene rings is 2. The van der Waals surface area contributed by atoms with E-state index in [1.54, 1.807) is 24.3 Å². The van der Waals surface area contributed by atoms with E-state index in [4.69, 9.17) is 9.84 Å². The monoisotopic (exact) mass is 526 g/mol. The number of carboxylic acids is 1. The first-order valence-electron chi connectivity index (χ1n) is 12.8. The van der Waals surface area contributed by atoms with Crippen LogP contribution in [0.4, 0.5) is 16.2 Å². The molecule has 0 aliphatic rings. The molecule has 2 rings (SSSR count). The minimum atomic E-state index is -0.972. The molecule has 38 heavy (non-hydrogen) atoms. The van der Waals surface area contributed by atoms with Crippen LogP contribution in [0.25, 0.3) is 0 Å². The summed E-state index contributed by atoms with van der Waals surface area (Å²) in [6, 6.07) is 12.0. The minimum absolute atomic E-state index is 0.00491. The van der Waals surface area contributed by atoms with Gasteiger partial charge in [-0.25, -0.2) is 4.79 Å². The third-order valence-corrected chi connectivity index (χ3v) is 5.94. The van der Waals surface area contributed by atoms with E-state index < -0.39 is 12.0 Å². The number of hydrogen-bond donors (Lipinski definition) is 4. The number of hydrogen-bond acceptors (Lipinski definition) is 5. The fraction of sp³-hybridized carbons (Fsp3) is 0.429. The summed E-state index contributed by atoms with van der Waals surface area (Å²) in [4.78, 5) is 50.0. The van der Waals surface area contributed by atoms with Crippen molar-refractivity contribution in [2.24, 2.45) is 0 Å². The molecule has 10 heteroatoms. The lowest BCUT2D eigenvalue weighted by molar-refractivity contribution is -0.139. The van der Waals surface area contributed by atoms with Crippen LogP contribution in [0.5, 0.6) is 5.75 Å². The number of unbranched alkanes of at least 4 members (excludes halogenated alkanes) is 3. The molecule has 0 spiro atoms. The van der Waals surface area contributed by atoms with E-state index in [1.807, 2.05) is 25.1 Å². The summed E-state index contributed by atoms with van der Waals surface area (Å²) in [5.41, 5.74) is 2.69. The maximum Gasteiger partial charge on any atom is 0.323 e. The van der Waals surface area contributed by atoms with E-state index in [9.17, 15) is 19.2 Å². The van der Waals surface area contributed by atoms with Gasteiger partial charge in [-0.1, -0.05) is 50.5 Å². The minimum Gasteiger partial charge on any atom is -0.495 e. The quantitative estimate of drug-likeness (QED) is 0.257. The maximum absolute atomic E-state index is 12.6. The molecule has 2 aromatic rings. The number of amides is 4. The van der Waals surface area contributed by atoms with Gasteiger partial charge in [-0.3, -0.25) is 14.4 Å². The number of carbonyl (C=O) groups excluding carboxylic acids is 3.